The molecule has 0 atom stereocenters. The molecule has 1 aromatic rings. The average molecular weight is 301 g/mol. The minimum absolute atomic E-state index is 0.263. The van der Waals surface area contributed by atoms with Gasteiger partial charge in [0.25, 0.3) is 11.8 Å². The Morgan fingerprint density at radius 1 is 1.23 bits per heavy atom. The molecule has 1 saturated heterocycles. The molecule has 0 saturated carbocycles. The number of rotatable bonds is 6. The lowest BCUT2D eigenvalue weighted by atomic mass is 10.0. The minimum Gasteiger partial charge on any atom is -0.494 e. The van der Waals surface area contributed by atoms with E-state index in [0.29, 0.717) is 23.8 Å². The predicted octanol–water partition coefficient (Wildman–Crippen LogP) is 2.31. The summed E-state index contributed by atoms with van der Waals surface area (Å²) in [6.45, 7) is 4.06. The summed E-state index contributed by atoms with van der Waals surface area (Å²) in [7, 11) is 0. The highest BCUT2D eigenvalue weighted by Gasteiger charge is 2.29. The van der Waals surface area contributed by atoms with E-state index in [-0.39, 0.29) is 11.8 Å². The highest BCUT2D eigenvalue weighted by atomic mass is 16.5. The van der Waals surface area contributed by atoms with Crippen molar-refractivity contribution in [2.75, 3.05) is 24.7 Å². The molecule has 2 heterocycles. The zero-order valence-electron chi connectivity index (χ0n) is 12.6. The van der Waals surface area contributed by atoms with Crippen LogP contribution in [0.5, 0.6) is 5.75 Å². The number of carbonyl (C=O) groups is 2. The molecule has 2 amide bonds. The Hall–Kier alpha value is -2.14. The van der Waals surface area contributed by atoms with Crippen molar-refractivity contribution in [2.24, 2.45) is 5.92 Å². The molecule has 0 N–H and O–H groups in total. The molecule has 0 spiro atoms. The van der Waals surface area contributed by atoms with Crippen molar-refractivity contribution < 1.29 is 19.1 Å². The number of hydrogen-bond acceptors (Lipinski definition) is 4. The molecular weight excluding hydrogens is 282 g/mol. The highest BCUT2D eigenvalue weighted by Crippen LogP contribution is 2.25. The third-order valence-electron chi connectivity index (χ3n) is 3.93. The Kier molecular flexibility index (Phi) is 4.24. The number of ether oxygens (including phenoxy) is 2. The van der Waals surface area contributed by atoms with Gasteiger partial charge >= 0.3 is 0 Å². The van der Waals surface area contributed by atoms with E-state index < -0.39 is 0 Å². The van der Waals surface area contributed by atoms with Crippen molar-refractivity contribution in [3.63, 3.8) is 0 Å². The van der Waals surface area contributed by atoms with Gasteiger partial charge in [0, 0.05) is 17.6 Å². The molecule has 5 heteroatoms. The number of anilines is 1. The van der Waals surface area contributed by atoms with E-state index in [4.69, 9.17) is 9.47 Å². The van der Waals surface area contributed by atoms with E-state index in [1.54, 1.807) is 31.2 Å². The van der Waals surface area contributed by atoms with Crippen LogP contribution in [-0.2, 0) is 14.3 Å². The first-order valence-electron chi connectivity index (χ1n) is 7.52. The average Bonchev–Trinajstić information content (AvgIpc) is 2.71. The molecule has 116 valence electrons. The van der Waals surface area contributed by atoms with Crippen LogP contribution in [0, 0.1) is 5.92 Å². The summed E-state index contributed by atoms with van der Waals surface area (Å²) in [4.78, 5) is 24.9. The molecular formula is C17H19NO4. The Balaban J connectivity index is 1.52. The predicted molar refractivity (Wildman–Crippen MR) is 81.7 cm³/mol. The van der Waals surface area contributed by atoms with Gasteiger partial charge in [0.1, 0.15) is 5.75 Å². The number of nitrogens with zero attached hydrogens (tertiary/aromatic N) is 1. The van der Waals surface area contributed by atoms with E-state index in [1.165, 1.54) is 11.0 Å². The van der Waals surface area contributed by atoms with Crippen molar-refractivity contribution in [2.45, 2.75) is 19.8 Å². The van der Waals surface area contributed by atoms with Gasteiger partial charge in [-0.15, -0.1) is 0 Å². The SMILES string of the molecule is CC1=CC(=O)N(c2ccc(OCCCC3COC3)cc2)C1=O. The van der Waals surface area contributed by atoms with Crippen molar-refractivity contribution in [3.05, 3.63) is 35.9 Å². The van der Waals surface area contributed by atoms with Crippen LogP contribution < -0.4 is 9.64 Å². The summed E-state index contributed by atoms with van der Waals surface area (Å²) < 4.78 is 10.8. The van der Waals surface area contributed by atoms with Crippen LogP contribution in [0.15, 0.2) is 35.9 Å². The maximum absolute atomic E-state index is 11.9. The van der Waals surface area contributed by atoms with Gasteiger partial charge in [-0.2, -0.15) is 0 Å². The van der Waals surface area contributed by atoms with Crippen LogP contribution >= 0.6 is 0 Å². The van der Waals surface area contributed by atoms with E-state index >= 15 is 0 Å². The second kappa shape index (κ2) is 6.32. The van der Waals surface area contributed by atoms with Gasteiger partial charge in [-0.1, -0.05) is 0 Å². The fourth-order valence-electron chi connectivity index (χ4n) is 2.54. The minimum atomic E-state index is -0.293. The molecule has 0 aliphatic carbocycles. The molecule has 0 radical (unpaired) electrons. The van der Waals surface area contributed by atoms with E-state index in [0.717, 1.165) is 31.8 Å². The molecule has 22 heavy (non-hydrogen) atoms. The van der Waals surface area contributed by atoms with Crippen molar-refractivity contribution >= 4 is 17.5 Å². The summed E-state index contributed by atoms with van der Waals surface area (Å²) in [5.74, 6) is 0.881. The summed E-state index contributed by atoms with van der Waals surface area (Å²) in [6, 6.07) is 7.04. The fraction of sp³-hybridized carbons (Fsp3) is 0.412. The van der Waals surface area contributed by atoms with Crippen LogP contribution in [0.25, 0.3) is 0 Å². The zero-order chi connectivity index (χ0) is 15.5. The molecule has 1 aromatic carbocycles. The van der Waals surface area contributed by atoms with Gasteiger partial charge in [0.05, 0.1) is 25.5 Å². The Bertz CT molecular complexity index is 602. The fourth-order valence-corrected chi connectivity index (χ4v) is 2.54. The van der Waals surface area contributed by atoms with Gasteiger partial charge in [-0.05, 0) is 44.0 Å². The van der Waals surface area contributed by atoms with Gasteiger partial charge in [-0.25, -0.2) is 4.90 Å². The second-order valence-corrected chi connectivity index (χ2v) is 5.69. The first kappa shape index (κ1) is 14.8. The lowest BCUT2D eigenvalue weighted by molar-refractivity contribution is -0.120. The monoisotopic (exact) mass is 301 g/mol. The molecule has 2 aliphatic rings. The maximum Gasteiger partial charge on any atom is 0.261 e. The molecule has 1 fully saturated rings. The van der Waals surface area contributed by atoms with Gasteiger partial charge in [-0.3, -0.25) is 9.59 Å². The van der Waals surface area contributed by atoms with Gasteiger partial charge in [0.15, 0.2) is 0 Å². The summed E-state index contributed by atoms with van der Waals surface area (Å²) >= 11 is 0. The molecule has 0 unspecified atom stereocenters. The second-order valence-electron chi connectivity index (χ2n) is 5.69. The van der Waals surface area contributed by atoms with E-state index in [9.17, 15) is 9.59 Å². The molecule has 3 rings (SSSR count). The Labute approximate surface area is 129 Å². The van der Waals surface area contributed by atoms with E-state index in [2.05, 4.69) is 0 Å². The van der Waals surface area contributed by atoms with Crippen LogP contribution in [-0.4, -0.2) is 31.6 Å². The van der Waals surface area contributed by atoms with Crippen molar-refractivity contribution in [1.29, 1.82) is 0 Å². The molecule has 0 aromatic heterocycles. The highest BCUT2D eigenvalue weighted by molar-refractivity contribution is 6.30. The van der Waals surface area contributed by atoms with Gasteiger partial charge in [0.2, 0.25) is 0 Å². The number of imide groups is 1. The summed E-state index contributed by atoms with van der Waals surface area (Å²) in [5.41, 5.74) is 1.03. The van der Waals surface area contributed by atoms with Crippen LogP contribution in [0.4, 0.5) is 5.69 Å². The normalized spacial score (nSPS) is 18.4. The quantitative estimate of drug-likeness (QED) is 0.597. The summed E-state index contributed by atoms with van der Waals surface area (Å²) in [5, 5.41) is 0. The van der Waals surface area contributed by atoms with Crippen LogP contribution in [0.3, 0.4) is 0 Å². The lowest BCUT2D eigenvalue weighted by Gasteiger charge is -2.25. The van der Waals surface area contributed by atoms with Crippen molar-refractivity contribution in [1.82, 2.24) is 0 Å². The molecule has 5 nitrogen and oxygen atoms in total. The molecule has 0 bridgehead atoms. The topological polar surface area (TPSA) is 55.8 Å². The smallest absolute Gasteiger partial charge is 0.261 e. The summed E-state index contributed by atoms with van der Waals surface area (Å²) in [6.07, 6.45) is 3.48. The third-order valence-corrected chi connectivity index (χ3v) is 3.93. The number of hydrogen-bond donors (Lipinski definition) is 0. The van der Waals surface area contributed by atoms with Crippen LogP contribution in [0.2, 0.25) is 0 Å². The van der Waals surface area contributed by atoms with Crippen LogP contribution in [0.1, 0.15) is 19.8 Å². The first-order valence-corrected chi connectivity index (χ1v) is 7.52. The zero-order valence-corrected chi connectivity index (χ0v) is 12.6. The van der Waals surface area contributed by atoms with E-state index in [1.807, 2.05) is 0 Å². The molecule has 2 aliphatic heterocycles. The number of benzene rings is 1. The Morgan fingerprint density at radius 2 is 1.95 bits per heavy atom. The largest absolute Gasteiger partial charge is 0.494 e. The first-order chi connectivity index (χ1) is 10.6. The maximum atomic E-state index is 11.9. The Morgan fingerprint density at radius 3 is 2.50 bits per heavy atom. The number of carbonyl (C=O) groups excluding carboxylic acids is 2. The lowest BCUT2D eigenvalue weighted by Crippen LogP contribution is -2.30. The van der Waals surface area contributed by atoms with Gasteiger partial charge < -0.3 is 9.47 Å². The third kappa shape index (κ3) is 3.04. The van der Waals surface area contributed by atoms with Crippen molar-refractivity contribution in [3.8, 4) is 5.75 Å². The standard InChI is InChI=1S/C17H19NO4/c1-12-9-16(19)18(17(12)20)14-4-6-15(7-5-14)22-8-2-3-13-10-21-11-13/h4-7,9,13H,2-3,8,10-11H2,1H3. The number of amides is 2.